The summed E-state index contributed by atoms with van der Waals surface area (Å²) in [5.41, 5.74) is 4.79. The number of anilines is 1. The Morgan fingerprint density at radius 2 is 2.11 bits per heavy atom. The summed E-state index contributed by atoms with van der Waals surface area (Å²) in [4.78, 5) is 3.77. The number of hydrogen-bond donors (Lipinski definition) is 2. The number of nitrogens with one attached hydrogen (secondary N) is 1. The van der Waals surface area contributed by atoms with Crippen LogP contribution in [-0.4, -0.2) is 17.1 Å². The second kappa shape index (κ2) is 4.70. The second-order valence-electron chi connectivity index (χ2n) is 4.62. The van der Waals surface area contributed by atoms with Crippen molar-refractivity contribution in [1.29, 1.82) is 0 Å². The number of nitrogens with two attached hydrogens (primary N) is 1. The van der Waals surface area contributed by atoms with Crippen LogP contribution in [-0.2, 0) is 6.18 Å². The Balaban J connectivity index is 2.16. The lowest BCUT2D eigenvalue weighted by atomic mass is 9.78. The normalized spacial score (nSPS) is 18.3. The first-order valence-electron chi connectivity index (χ1n) is 5.56. The van der Waals surface area contributed by atoms with E-state index in [0.717, 1.165) is 25.3 Å². The Morgan fingerprint density at radius 3 is 2.61 bits per heavy atom. The number of rotatable bonds is 3. The predicted molar refractivity (Wildman–Crippen MR) is 66.2 cm³/mol. The maximum absolute atomic E-state index is 12.8. The van der Waals surface area contributed by atoms with Crippen molar-refractivity contribution in [2.45, 2.75) is 31.0 Å². The van der Waals surface area contributed by atoms with Gasteiger partial charge in [0.15, 0.2) is 0 Å². The summed E-state index contributed by atoms with van der Waals surface area (Å²) in [5.74, 6) is -0.164. The minimum Gasteiger partial charge on any atom is -0.368 e. The van der Waals surface area contributed by atoms with Crippen molar-refractivity contribution in [2.24, 2.45) is 5.73 Å². The summed E-state index contributed by atoms with van der Waals surface area (Å²) < 4.78 is 38.7. The van der Waals surface area contributed by atoms with Gasteiger partial charge in [-0.1, -0.05) is 0 Å². The summed E-state index contributed by atoms with van der Waals surface area (Å²) in [5, 5.41) is 2.71. The summed E-state index contributed by atoms with van der Waals surface area (Å²) in [6, 6.07) is 1.01. The molecule has 0 unspecified atom stereocenters. The largest absolute Gasteiger partial charge is 0.419 e. The van der Waals surface area contributed by atoms with Crippen molar-refractivity contribution in [3.05, 3.63) is 22.3 Å². The first-order valence-corrected chi connectivity index (χ1v) is 6.35. The molecule has 0 saturated heterocycles. The van der Waals surface area contributed by atoms with Crippen LogP contribution in [0.1, 0.15) is 24.8 Å². The summed E-state index contributed by atoms with van der Waals surface area (Å²) >= 11 is 2.99. The van der Waals surface area contributed by atoms with E-state index in [1.54, 1.807) is 0 Å². The fraction of sp³-hybridized carbons (Fsp3) is 0.545. The molecule has 0 aliphatic heterocycles. The molecule has 7 heteroatoms. The second-order valence-corrected chi connectivity index (χ2v) is 5.53. The average Bonchev–Trinajstić information content (AvgIpc) is 2.23. The maximum atomic E-state index is 12.8. The monoisotopic (exact) mass is 323 g/mol. The van der Waals surface area contributed by atoms with E-state index in [9.17, 15) is 13.2 Å². The number of halogens is 4. The van der Waals surface area contributed by atoms with Gasteiger partial charge in [0.1, 0.15) is 5.82 Å². The first kappa shape index (κ1) is 13.6. The van der Waals surface area contributed by atoms with E-state index in [1.165, 1.54) is 6.20 Å². The average molecular weight is 324 g/mol. The van der Waals surface area contributed by atoms with Crippen LogP contribution in [0.15, 0.2) is 16.7 Å². The number of pyridine rings is 1. The van der Waals surface area contributed by atoms with Crippen LogP contribution in [0.3, 0.4) is 0 Å². The molecule has 0 atom stereocenters. The third-order valence-electron chi connectivity index (χ3n) is 3.12. The van der Waals surface area contributed by atoms with E-state index in [-0.39, 0.29) is 5.82 Å². The molecule has 3 N–H and O–H groups in total. The number of alkyl halides is 3. The van der Waals surface area contributed by atoms with Gasteiger partial charge in [-0.3, -0.25) is 0 Å². The maximum Gasteiger partial charge on any atom is 0.419 e. The van der Waals surface area contributed by atoms with Crippen LogP contribution in [0.2, 0.25) is 0 Å². The van der Waals surface area contributed by atoms with Gasteiger partial charge in [-0.2, -0.15) is 13.2 Å². The van der Waals surface area contributed by atoms with Crippen LogP contribution in [0, 0.1) is 0 Å². The summed E-state index contributed by atoms with van der Waals surface area (Å²) in [6.45, 7) is 0.310. The fourth-order valence-corrected chi connectivity index (χ4v) is 2.19. The lowest BCUT2D eigenvalue weighted by Crippen LogP contribution is -2.52. The molecule has 0 amide bonds. The topological polar surface area (TPSA) is 50.9 Å². The van der Waals surface area contributed by atoms with Gasteiger partial charge in [0.25, 0.3) is 0 Å². The van der Waals surface area contributed by atoms with Gasteiger partial charge < -0.3 is 11.1 Å². The number of nitrogens with zero attached hydrogens (tertiary/aromatic N) is 1. The summed E-state index contributed by atoms with van der Waals surface area (Å²) in [7, 11) is 0. The zero-order valence-electron chi connectivity index (χ0n) is 9.52. The third kappa shape index (κ3) is 2.95. The number of aromatic nitrogens is 1. The highest BCUT2D eigenvalue weighted by Crippen LogP contribution is 2.36. The predicted octanol–water partition coefficient (Wildman–Crippen LogP) is 3.16. The van der Waals surface area contributed by atoms with Crippen LogP contribution in [0.5, 0.6) is 0 Å². The van der Waals surface area contributed by atoms with Gasteiger partial charge in [-0.15, -0.1) is 0 Å². The molecule has 1 aliphatic carbocycles. The van der Waals surface area contributed by atoms with Crippen LogP contribution in [0.4, 0.5) is 19.0 Å². The molecule has 0 radical (unpaired) electrons. The third-order valence-corrected chi connectivity index (χ3v) is 3.55. The van der Waals surface area contributed by atoms with Crippen LogP contribution < -0.4 is 11.1 Å². The molecule has 2 rings (SSSR count). The van der Waals surface area contributed by atoms with Crippen molar-refractivity contribution in [3.8, 4) is 0 Å². The molecule has 1 aromatic heterocycles. The highest BCUT2D eigenvalue weighted by molar-refractivity contribution is 9.10. The number of hydrogen-bond acceptors (Lipinski definition) is 3. The molecular weight excluding hydrogens is 311 g/mol. The zero-order chi connectivity index (χ0) is 13.4. The SMILES string of the molecule is NC1(CNc2ncc(Br)cc2C(F)(F)F)CCC1. The van der Waals surface area contributed by atoms with Crippen LogP contribution in [0.25, 0.3) is 0 Å². The Kier molecular flexibility index (Phi) is 3.55. The molecule has 1 fully saturated rings. The Morgan fingerprint density at radius 1 is 1.44 bits per heavy atom. The minimum atomic E-state index is -4.43. The van der Waals surface area contributed by atoms with Crippen LogP contribution >= 0.6 is 15.9 Å². The van der Waals surface area contributed by atoms with E-state index >= 15 is 0 Å². The Labute approximate surface area is 111 Å². The smallest absolute Gasteiger partial charge is 0.368 e. The molecule has 1 aliphatic rings. The standard InChI is InChI=1S/C11H13BrF3N3/c12-7-4-8(11(13,14)15)9(17-5-7)18-6-10(16)2-1-3-10/h4-5H,1-3,6,16H2,(H,17,18). The highest BCUT2D eigenvalue weighted by atomic mass is 79.9. The Hall–Kier alpha value is -0.820. The van der Waals surface area contributed by atoms with Gasteiger partial charge in [0.2, 0.25) is 0 Å². The molecule has 3 nitrogen and oxygen atoms in total. The molecule has 0 bridgehead atoms. The zero-order valence-corrected chi connectivity index (χ0v) is 11.1. The Bertz CT molecular complexity index is 444. The van der Waals surface area contributed by atoms with Crippen molar-refractivity contribution in [1.82, 2.24) is 4.98 Å². The van der Waals surface area contributed by atoms with Crippen molar-refractivity contribution >= 4 is 21.7 Å². The fourth-order valence-electron chi connectivity index (χ4n) is 1.86. The van der Waals surface area contributed by atoms with E-state index in [1.807, 2.05) is 0 Å². The molecule has 100 valence electrons. The van der Waals surface area contributed by atoms with Crippen molar-refractivity contribution < 1.29 is 13.2 Å². The van der Waals surface area contributed by atoms with Crippen molar-refractivity contribution in [2.75, 3.05) is 11.9 Å². The van der Waals surface area contributed by atoms with Gasteiger partial charge in [-0.25, -0.2) is 4.98 Å². The van der Waals surface area contributed by atoms with E-state index in [0.29, 0.717) is 11.0 Å². The molecule has 1 aromatic rings. The summed E-state index contributed by atoms with van der Waals surface area (Å²) in [6.07, 6.45) is -0.407. The minimum absolute atomic E-state index is 0.164. The quantitative estimate of drug-likeness (QED) is 0.898. The van der Waals surface area contributed by atoms with E-state index < -0.39 is 17.3 Å². The van der Waals surface area contributed by atoms with Gasteiger partial charge in [0, 0.05) is 22.8 Å². The van der Waals surface area contributed by atoms with Crippen molar-refractivity contribution in [3.63, 3.8) is 0 Å². The molecule has 0 aromatic carbocycles. The molecule has 1 saturated carbocycles. The lowest BCUT2D eigenvalue weighted by Gasteiger charge is -2.38. The molecule has 18 heavy (non-hydrogen) atoms. The van der Waals surface area contributed by atoms with Gasteiger partial charge in [0.05, 0.1) is 5.56 Å². The highest BCUT2D eigenvalue weighted by Gasteiger charge is 2.36. The molecule has 1 heterocycles. The molecule has 0 spiro atoms. The first-order chi connectivity index (χ1) is 8.30. The van der Waals surface area contributed by atoms with E-state index in [2.05, 4.69) is 26.2 Å². The lowest BCUT2D eigenvalue weighted by molar-refractivity contribution is -0.137. The molecular formula is C11H13BrF3N3. The van der Waals surface area contributed by atoms with Gasteiger partial charge in [-0.05, 0) is 41.3 Å². The van der Waals surface area contributed by atoms with Gasteiger partial charge >= 0.3 is 6.18 Å². The van der Waals surface area contributed by atoms with E-state index in [4.69, 9.17) is 5.73 Å².